The normalized spacial score (nSPS) is 14.8. The second kappa shape index (κ2) is 8.71. The molecule has 0 N–H and O–H groups in total. The average Bonchev–Trinajstić information content (AvgIpc) is 3.22. The van der Waals surface area contributed by atoms with Crippen LogP contribution in [-0.4, -0.2) is 55.4 Å². The van der Waals surface area contributed by atoms with Gasteiger partial charge in [0.15, 0.2) is 11.5 Å². The monoisotopic (exact) mass is 414 g/mol. The number of ether oxygens (including phenoxy) is 2. The minimum absolute atomic E-state index is 0.540. The molecule has 1 fully saturated rings. The summed E-state index contributed by atoms with van der Waals surface area (Å²) >= 11 is 6.11. The molecule has 1 saturated heterocycles. The summed E-state index contributed by atoms with van der Waals surface area (Å²) in [5, 5.41) is 4.88. The van der Waals surface area contributed by atoms with E-state index >= 15 is 0 Å². The van der Waals surface area contributed by atoms with Crippen LogP contribution in [-0.2, 0) is 6.54 Å². The van der Waals surface area contributed by atoms with Crippen LogP contribution >= 0.6 is 11.6 Å². The van der Waals surface area contributed by atoms with E-state index in [1.807, 2.05) is 36.4 Å². The lowest BCUT2D eigenvalue weighted by Crippen LogP contribution is -2.46. The third-order valence-corrected chi connectivity index (χ3v) is 5.25. The van der Waals surface area contributed by atoms with Crippen molar-refractivity contribution in [2.75, 3.05) is 45.3 Å². The Balaban J connectivity index is 1.38. The van der Waals surface area contributed by atoms with Crippen molar-refractivity contribution in [1.29, 1.82) is 0 Å². The molecule has 1 aliphatic rings. The van der Waals surface area contributed by atoms with Crippen LogP contribution in [0.5, 0.6) is 11.5 Å². The molecule has 152 valence electrons. The summed E-state index contributed by atoms with van der Waals surface area (Å²) in [5.41, 5.74) is 1.98. The van der Waals surface area contributed by atoms with Crippen molar-refractivity contribution in [1.82, 2.24) is 15.0 Å². The molecular weight excluding hydrogens is 392 g/mol. The summed E-state index contributed by atoms with van der Waals surface area (Å²) in [7, 11) is 3.21. The SMILES string of the molecule is COc1ccc(-c2noc(CN3CCN(c4cccc(Cl)c4)CC3)n2)cc1OC. The smallest absolute Gasteiger partial charge is 0.241 e. The lowest BCUT2D eigenvalue weighted by molar-refractivity contribution is 0.215. The highest BCUT2D eigenvalue weighted by atomic mass is 35.5. The van der Waals surface area contributed by atoms with Gasteiger partial charge in [0, 0.05) is 42.5 Å². The van der Waals surface area contributed by atoms with Crippen molar-refractivity contribution in [2.24, 2.45) is 0 Å². The Labute approximate surface area is 174 Å². The van der Waals surface area contributed by atoms with Gasteiger partial charge >= 0.3 is 0 Å². The number of nitrogens with zero attached hydrogens (tertiary/aromatic N) is 4. The Bertz CT molecular complexity index is 970. The van der Waals surface area contributed by atoms with Crippen molar-refractivity contribution in [2.45, 2.75) is 6.54 Å². The zero-order valence-electron chi connectivity index (χ0n) is 16.5. The van der Waals surface area contributed by atoms with Gasteiger partial charge < -0.3 is 18.9 Å². The van der Waals surface area contributed by atoms with Gasteiger partial charge in [0.05, 0.1) is 20.8 Å². The van der Waals surface area contributed by atoms with Gasteiger partial charge in [-0.1, -0.05) is 22.8 Å². The first-order chi connectivity index (χ1) is 14.2. The molecular formula is C21H23ClN4O3. The Morgan fingerprint density at radius 3 is 2.52 bits per heavy atom. The number of hydrogen-bond acceptors (Lipinski definition) is 7. The maximum atomic E-state index is 6.11. The van der Waals surface area contributed by atoms with Gasteiger partial charge in [-0.15, -0.1) is 0 Å². The Kier molecular flexibility index (Phi) is 5.87. The number of aromatic nitrogens is 2. The lowest BCUT2D eigenvalue weighted by atomic mass is 10.2. The highest BCUT2D eigenvalue weighted by Crippen LogP contribution is 2.31. The van der Waals surface area contributed by atoms with Crippen LogP contribution in [0.15, 0.2) is 47.0 Å². The molecule has 0 unspecified atom stereocenters. The molecule has 0 amide bonds. The zero-order valence-corrected chi connectivity index (χ0v) is 17.2. The van der Waals surface area contributed by atoms with Crippen LogP contribution < -0.4 is 14.4 Å². The fourth-order valence-corrected chi connectivity index (χ4v) is 3.62. The Morgan fingerprint density at radius 1 is 1.00 bits per heavy atom. The van der Waals surface area contributed by atoms with Gasteiger partial charge in [-0.2, -0.15) is 4.98 Å². The number of halogens is 1. The van der Waals surface area contributed by atoms with Gasteiger partial charge in [0.1, 0.15) is 0 Å². The summed E-state index contributed by atoms with van der Waals surface area (Å²) < 4.78 is 16.1. The Morgan fingerprint density at radius 2 is 1.79 bits per heavy atom. The number of benzene rings is 2. The van der Waals surface area contributed by atoms with Crippen molar-refractivity contribution in [3.63, 3.8) is 0 Å². The van der Waals surface area contributed by atoms with E-state index in [1.165, 1.54) is 0 Å². The van der Waals surface area contributed by atoms with Gasteiger partial charge in [-0.05, 0) is 36.4 Å². The molecule has 29 heavy (non-hydrogen) atoms. The van der Waals surface area contributed by atoms with Crippen molar-refractivity contribution in [3.8, 4) is 22.9 Å². The van der Waals surface area contributed by atoms with Crippen LogP contribution in [0.4, 0.5) is 5.69 Å². The molecule has 7 nitrogen and oxygen atoms in total. The lowest BCUT2D eigenvalue weighted by Gasteiger charge is -2.35. The molecule has 8 heteroatoms. The summed E-state index contributed by atoms with van der Waals surface area (Å²) in [6.07, 6.45) is 0. The molecule has 0 atom stereocenters. The van der Waals surface area contributed by atoms with Gasteiger partial charge in [-0.25, -0.2) is 0 Å². The van der Waals surface area contributed by atoms with Crippen LogP contribution in [0.1, 0.15) is 5.89 Å². The molecule has 2 heterocycles. The van der Waals surface area contributed by atoms with E-state index in [1.54, 1.807) is 14.2 Å². The Hall–Kier alpha value is -2.77. The number of methoxy groups -OCH3 is 2. The fraction of sp³-hybridized carbons (Fsp3) is 0.333. The van der Waals surface area contributed by atoms with Gasteiger partial charge in [-0.3, -0.25) is 4.90 Å². The van der Waals surface area contributed by atoms with Crippen molar-refractivity contribution >= 4 is 17.3 Å². The minimum Gasteiger partial charge on any atom is -0.493 e. The van der Waals surface area contributed by atoms with E-state index in [4.69, 9.17) is 25.6 Å². The van der Waals surface area contributed by atoms with Crippen molar-refractivity contribution < 1.29 is 14.0 Å². The van der Waals surface area contributed by atoms with E-state index in [0.29, 0.717) is 29.8 Å². The maximum absolute atomic E-state index is 6.11. The first kappa shape index (κ1) is 19.5. The van der Waals surface area contributed by atoms with E-state index in [-0.39, 0.29) is 0 Å². The topological polar surface area (TPSA) is 63.9 Å². The molecule has 0 saturated carbocycles. The average molecular weight is 415 g/mol. The highest BCUT2D eigenvalue weighted by molar-refractivity contribution is 6.30. The van der Waals surface area contributed by atoms with Crippen LogP contribution in [0.25, 0.3) is 11.4 Å². The molecule has 1 aliphatic heterocycles. The van der Waals surface area contributed by atoms with Gasteiger partial charge in [0.25, 0.3) is 0 Å². The zero-order chi connectivity index (χ0) is 20.2. The first-order valence-electron chi connectivity index (χ1n) is 9.44. The highest BCUT2D eigenvalue weighted by Gasteiger charge is 2.20. The number of rotatable bonds is 6. The number of piperazine rings is 1. The molecule has 2 aromatic carbocycles. The van der Waals surface area contributed by atoms with E-state index in [2.05, 4.69) is 26.0 Å². The van der Waals surface area contributed by atoms with Crippen LogP contribution in [0.2, 0.25) is 5.02 Å². The van der Waals surface area contributed by atoms with E-state index < -0.39 is 0 Å². The number of anilines is 1. The summed E-state index contributed by atoms with van der Waals surface area (Å²) in [6.45, 7) is 4.32. The largest absolute Gasteiger partial charge is 0.493 e. The molecule has 1 aromatic heterocycles. The van der Waals surface area contributed by atoms with E-state index in [9.17, 15) is 0 Å². The standard InChI is InChI=1S/C21H23ClN4O3/c1-27-18-7-6-15(12-19(18)28-2)21-23-20(29-24-21)14-25-8-10-26(11-9-25)17-5-3-4-16(22)13-17/h3-7,12-13H,8-11,14H2,1-2H3. The molecule has 0 spiro atoms. The second-order valence-corrected chi connectivity index (χ2v) is 7.26. The van der Waals surface area contributed by atoms with Crippen LogP contribution in [0.3, 0.4) is 0 Å². The maximum Gasteiger partial charge on any atom is 0.241 e. The fourth-order valence-electron chi connectivity index (χ4n) is 3.44. The summed E-state index contributed by atoms with van der Waals surface area (Å²) in [5.74, 6) is 2.44. The summed E-state index contributed by atoms with van der Waals surface area (Å²) in [4.78, 5) is 9.20. The second-order valence-electron chi connectivity index (χ2n) is 6.82. The van der Waals surface area contributed by atoms with Crippen molar-refractivity contribution in [3.05, 3.63) is 53.4 Å². The summed E-state index contributed by atoms with van der Waals surface area (Å²) in [6, 6.07) is 13.5. The van der Waals surface area contributed by atoms with Crippen LogP contribution in [0, 0.1) is 0 Å². The molecule has 0 bridgehead atoms. The predicted octanol–water partition coefficient (Wildman–Crippen LogP) is 3.73. The molecule has 4 rings (SSSR count). The van der Waals surface area contributed by atoms with E-state index in [0.717, 1.165) is 42.5 Å². The first-order valence-corrected chi connectivity index (χ1v) is 9.82. The third-order valence-electron chi connectivity index (χ3n) is 5.01. The molecule has 0 radical (unpaired) electrons. The predicted molar refractivity (Wildman–Crippen MR) is 112 cm³/mol. The molecule has 3 aromatic rings. The number of hydrogen-bond donors (Lipinski definition) is 0. The molecule has 0 aliphatic carbocycles. The quantitative estimate of drug-likeness (QED) is 0.608. The minimum atomic E-state index is 0.540. The van der Waals surface area contributed by atoms with Gasteiger partial charge in [0.2, 0.25) is 11.7 Å². The third kappa shape index (κ3) is 4.46.